The van der Waals surface area contributed by atoms with Gasteiger partial charge in [0.15, 0.2) is 0 Å². The van der Waals surface area contributed by atoms with Gasteiger partial charge < -0.3 is 18.3 Å². The second-order valence-corrected chi connectivity index (χ2v) is 7.24. The van der Waals surface area contributed by atoms with Gasteiger partial charge in [-0.05, 0) is 48.5 Å². The Hall–Kier alpha value is -4.65. The molecule has 5 aromatic rings. The standard InChI is InChI=1S/C26H16O7/c1-30-17-8-6-15(7-9-17)25(28)31-18-10-11-19-20(14-24(27)32-23(19)13-18)21-12-16-4-2-3-5-22(16)33-26(21)29/h2-14H,1H3. The number of hydrogen-bond acceptors (Lipinski definition) is 7. The maximum atomic E-state index is 12.6. The fourth-order valence-electron chi connectivity index (χ4n) is 3.57. The molecule has 0 unspecified atom stereocenters. The van der Waals surface area contributed by atoms with E-state index < -0.39 is 17.2 Å². The summed E-state index contributed by atoms with van der Waals surface area (Å²) in [4.78, 5) is 37.3. The molecule has 3 aromatic carbocycles. The summed E-state index contributed by atoms with van der Waals surface area (Å²) < 4.78 is 21.2. The highest BCUT2D eigenvalue weighted by Crippen LogP contribution is 2.30. The topological polar surface area (TPSA) is 96.0 Å². The van der Waals surface area contributed by atoms with Crippen molar-refractivity contribution in [3.8, 4) is 22.6 Å². The maximum Gasteiger partial charge on any atom is 0.344 e. The van der Waals surface area contributed by atoms with E-state index >= 15 is 0 Å². The Morgan fingerprint density at radius 3 is 2.30 bits per heavy atom. The molecule has 0 N–H and O–H groups in total. The largest absolute Gasteiger partial charge is 0.497 e. The molecule has 7 nitrogen and oxygen atoms in total. The van der Waals surface area contributed by atoms with E-state index in [4.69, 9.17) is 18.3 Å². The quantitative estimate of drug-likeness (QED) is 0.225. The number of rotatable bonds is 4. The van der Waals surface area contributed by atoms with Crippen molar-refractivity contribution < 1.29 is 23.1 Å². The summed E-state index contributed by atoms with van der Waals surface area (Å²) in [7, 11) is 1.53. The number of esters is 1. The van der Waals surface area contributed by atoms with Crippen LogP contribution in [0.2, 0.25) is 0 Å². The smallest absolute Gasteiger partial charge is 0.344 e. The number of carbonyl (C=O) groups excluding carboxylic acids is 1. The van der Waals surface area contributed by atoms with E-state index in [2.05, 4.69) is 0 Å². The Balaban J connectivity index is 1.55. The summed E-state index contributed by atoms with van der Waals surface area (Å²) in [5, 5.41) is 1.22. The molecule has 0 saturated heterocycles. The predicted octanol–water partition coefficient (Wildman–Crippen LogP) is 4.79. The highest BCUT2D eigenvalue weighted by Gasteiger charge is 2.15. The Morgan fingerprint density at radius 2 is 1.52 bits per heavy atom. The number of fused-ring (bicyclic) bond motifs is 2. The minimum atomic E-state index is -0.649. The molecule has 0 aliphatic rings. The van der Waals surface area contributed by atoms with Crippen molar-refractivity contribution in [2.75, 3.05) is 7.11 Å². The first-order valence-electron chi connectivity index (χ1n) is 9.99. The van der Waals surface area contributed by atoms with Gasteiger partial charge >= 0.3 is 17.2 Å². The molecule has 162 valence electrons. The van der Waals surface area contributed by atoms with Gasteiger partial charge in [-0.1, -0.05) is 18.2 Å². The van der Waals surface area contributed by atoms with Gasteiger partial charge in [0.05, 0.1) is 18.2 Å². The zero-order valence-corrected chi connectivity index (χ0v) is 17.4. The van der Waals surface area contributed by atoms with Gasteiger partial charge in [0.2, 0.25) is 0 Å². The number of ether oxygens (including phenoxy) is 2. The van der Waals surface area contributed by atoms with Gasteiger partial charge in [0.1, 0.15) is 22.7 Å². The van der Waals surface area contributed by atoms with Crippen LogP contribution in [0.1, 0.15) is 10.4 Å². The molecule has 0 radical (unpaired) electrons. The third kappa shape index (κ3) is 3.87. The second-order valence-electron chi connectivity index (χ2n) is 7.24. The van der Waals surface area contributed by atoms with Crippen LogP contribution in [0.4, 0.5) is 0 Å². The van der Waals surface area contributed by atoms with E-state index in [1.807, 2.05) is 12.1 Å². The summed E-state index contributed by atoms with van der Waals surface area (Å²) in [6.07, 6.45) is 0. The van der Waals surface area contributed by atoms with Crippen LogP contribution in [-0.4, -0.2) is 13.1 Å². The summed E-state index contributed by atoms with van der Waals surface area (Å²) in [6, 6.07) is 21.1. The number of methoxy groups -OCH3 is 1. The van der Waals surface area contributed by atoms with Gasteiger partial charge in [-0.3, -0.25) is 0 Å². The van der Waals surface area contributed by atoms with E-state index in [9.17, 15) is 14.4 Å². The van der Waals surface area contributed by atoms with E-state index in [0.29, 0.717) is 27.8 Å². The van der Waals surface area contributed by atoms with Crippen LogP contribution in [0.3, 0.4) is 0 Å². The van der Waals surface area contributed by atoms with Crippen LogP contribution < -0.4 is 20.7 Å². The van der Waals surface area contributed by atoms with Crippen molar-refractivity contribution in [1.82, 2.24) is 0 Å². The number of benzene rings is 3. The number of para-hydroxylation sites is 1. The third-order valence-electron chi connectivity index (χ3n) is 5.18. The molecule has 0 saturated carbocycles. The average molecular weight is 440 g/mol. The summed E-state index contributed by atoms with van der Waals surface area (Å²) in [5.41, 5.74) is 0.332. The van der Waals surface area contributed by atoms with Crippen LogP contribution in [0.5, 0.6) is 11.5 Å². The van der Waals surface area contributed by atoms with Crippen molar-refractivity contribution in [1.29, 1.82) is 0 Å². The fraction of sp³-hybridized carbons (Fsp3) is 0.0385. The molecule has 0 atom stereocenters. The SMILES string of the molecule is COc1ccc(C(=O)Oc2ccc3c(-c4cc5ccccc5oc4=O)cc(=O)oc3c2)cc1. The molecular formula is C26H16O7. The highest BCUT2D eigenvalue weighted by molar-refractivity contribution is 5.96. The summed E-state index contributed by atoms with van der Waals surface area (Å²) >= 11 is 0. The molecule has 0 aliphatic carbocycles. The Labute approximate surface area is 186 Å². The Morgan fingerprint density at radius 1 is 0.758 bits per heavy atom. The van der Waals surface area contributed by atoms with Crippen LogP contribution in [0.15, 0.2) is 97.3 Å². The first kappa shape index (κ1) is 20.3. The molecule has 0 fully saturated rings. The normalized spacial score (nSPS) is 10.9. The van der Waals surface area contributed by atoms with Gasteiger partial charge in [-0.2, -0.15) is 0 Å². The molecule has 0 bridgehead atoms. The molecule has 2 heterocycles. The Bertz CT molecular complexity index is 1630. The molecule has 2 aromatic heterocycles. The predicted molar refractivity (Wildman–Crippen MR) is 122 cm³/mol. The lowest BCUT2D eigenvalue weighted by atomic mass is 10.0. The number of carbonyl (C=O) groups is 1. The lowest BCUT2D eigenvalue weighted by Crippen LogP contribution is -2.09. The molecule has 33 heavy (non-hydrogen) atoms. The van der Waals surface area contributed by atoms with Gasteiger partial charge in [0, 0.05) is 28.5 Å². The van der Waals surface area contributed by atoms with Crippen molar-refractivity contribution in [3.63, 3.8) is 0 Å². The first-order chi connectivity index (χ1) is 16.0. The third-order valence-corrected chi connectivity index (χ3v) is 5.18. The van der Waals surface area contributed by atoms with Gasteiger partial charge in [0.25, 0.3) is 0 Å². The zero-order chi connectivity index (χ0) is 22.9. The first-order valence-corrected chi connectivity index (χ1v) is 9.99. The minimum Gasteiger partial charge on any atom is -0.497 e. The number of hydrogen-bond donors (Lipinski definition) is 0. The highest BCUT2D eigenvalue weighted by atomic mass is 16.5. The maximum absolute atomic E-state index is 12.6. The van der Waals surface area contributed by atoms with E-state index in [0.717, 1.165) is 5.39 Å². The van der Waals surface area contributed by atoms with Gasteiger partial charge in [-0.25, -0.2) is 14.4 Å². The van der Waals surface area contributed by atoms with Crippen LogP contribution in [0.25, 0.3) is 33.1 Å². The van der Waals surface area contributed by atoms with E-state index in [-0.39, 0.29) is 16.9 Å². The molecule has 0 spiro atoms. The van der Waals surface area contributed by atoms with Crippen molar-refractivity contribution >= 4 is 27.9 Å². The van der Waals surface area contributed by atoms with Crippen molar-refractivity contribution in [2.24, 2.45) is 0 Å². The molecule has 0 aliphatic heterocycles. The summed E-state index contributed by atoms with van der Waals surface area (Å²) in [5.74, 6) is 0.226. The molecular weight excluding hydrogens is 424 g/mol. The van der Waals surface area contributed by atoms with E-state index in [1.54, 1.807) is 54.6 Å². The second kappa shape index (κ2) is 8.12. The van der Waals surface area contributed by atoms with Gasteiger partial charge in [-0.15, -0.1) is 0 Å². The van der Waals surface area contributed by atoms with Crippen LogP contribution >= 0.6 is 0 Å². The minimum absolute atomic E-state index is 0.171. The molecule has 7 heteroatoms. The molecule has 0 amide bonds. The fourth-order valence-corrected chi connectivity index (χ4v) is 3.57. The van der Waals surface area contributed by atoms with Crippen molar-refractivity contribution in [3.05, 3.63) is 105 Å². The van der Waals surface area contributed by atoms with Crippen molar-refractivity contribution in [2.45, 2.75) is 0 Å². The zero-order valence-electron chi connectivity index (χ0n) is 17.4. The van der Waals surface area contributed by atoms with Crippen LogP contribution in [-0.2, 0) is 0 Å². The van der Waals surface area contributed by atoms with E-state index in [1.165, 1.54) is 19.2 Å². The average Bonchev–Trinajstić information content (AvgIpc) is 2.83. The molecule has 5 rings (SSSR count). The summed E-state index contributed by atoms with van der Waals surface area (Å²) in [6.45, 7) is 0. The Kier molecular flexibility index (Phi) is 4.99. The lowest BCUT2D eigenvalue weighted by Gasteiger charge is -2.08. The lowest BCUT2D eigenvalue weighted by molar-refractivity contribution is 0.0735. The monoisotopic (exact) mass is 440 g/mol. The van der Waals surface area contributed by atoms with Crippen LogP contribution in [0, 0.1) is 0 Å².